The molecule has 0 saturated carbocycles. The van der Waals surface area contributed by atoms with Gasteiger partial charge in [-0.05, 0) is 35.6 Å². The Kier molecular flexibility index (Phi) is 4.83. The smallest absolute Gasteiger partial charge is 0.0428 e. The van der Waals surface area contributed by atoms with Crippen LogP contribution in [0.1, 0.15) is 23.3 Å². The van der Waals surface area contributed by atoms with Crippen molar-refractivity contribution in [2.75, 3.05) is 19.6 Å². The lowest BCUT2D eigenvalue weighted by Crippen LogP contribution is -2.29. The van der Waals surface area contributed by atoms with Crippen LogP contribution < -0.4 is 0 Å². The van der Waals surface area contributed by atoms with Gasteiger partial charge in [-0.1, -0.05) is 24.0 Å². The van der Waals surface area contributed by atoms with Crippen LogP contribution in [0.2, 0.25) is 0 Å². The summed E-state index contributed by atoms with van der Waals surface area (Å²) < 4.78 is 0. The summed E-state index contributed by atoms with van der Waals surface area (Å²) in [7, 11) is 0. The van der Waals surface area contributed by atoms with E-state index >= 15 is 0 Å². The highest BCUT2D eigenvalue weighted by atomic mass is 32.1. The summed E-state index contributed by atoms with van der Waals surface area (Å²) in [6.07, 6.45) is 8.01. The zero-order chi connectivity index (χ0) is 14.3. The highest BCUT2D eigenvalue weighted by Gasteiger charge is 2.12. The van der Waals surface area contributed by atoms with Gasteiger partial charge in [0.25, 0.3) is 0 Å². The lowest BCUT2D eigenvalue weighted by atomic mass is 10.1. The summed E-state index contributed by atoms with van der Waals surface area (Å²) in [5.41, 5.74) is 2.50. The molecule has 0 atom stereocenters. The molecule has 2 aromatic rings. The number of hydrogen-bond acceptors (Lipinski definition) is 3. The van der Waals surface area contributed by atoms with Crippen molar-refractivity contribution in [3.63, 3.8) is 0 Å². The largest absolute Gasteiger partial charge is 0.298 e. The maximum atomic E-state index is 4.07. The fraction of sp³-hybridized carbons (Fsp3) is 0.278. The van der Waals surface area contributed by atoms with Gasteiger partial charge in [-0.25, -0.2) is 0 Å². The van der Waals surface area contributed by atoms with Gasteiger partial charge < -0.3 is 0 Å². The summed E-state index contributed by atoms with van der Waals surface area (Å²) in [5.74, 6) is 6.40. The lowest BCUT2D eigenvalue weighted by Gasteiger charge is -2.25. The van der Waals surface area contributed by atoms with Gasteiger partial charge in [0.05, 0.1) is 0 Å². The number of rotatable bonds is 3. The molecule has 0 spiro atoms. The molecule has 0 radical (unpaired) electrons. The van der Waals surface area contributed by atoms with Crippen molar-refractivity contribution >= 4 is 16.9 Å². The molecule has 0 N–H and O–H groups in total. The standard InChI is InChI=1S/C18H18N2S/c1(5-16-6-3-10-19-15-16)2-11-20-12-8-17(9-13-20)18-7-4-14-21-18/h3-4,6-8,10,14-15H,2,9,11-13H2. The molecule has 0 aliphatic carbocycles. The van der Waals surface area contributed by atoms with Gasteiger partial charge >= 0.3 is 0 Å². The SMILES string of the molecule is C(#Cc1cccnc1)CCN1CC=C(c2cccs2)CC1. The first-order valence-corrected chi connectivity index (χ1v) is 8.14. The maximum Gasteiger partial charge on any atom is 0.0428 e. The minimum Gasteiger partial charge on any atom is -0.298 e. The summed E-state index contributed by atoms with van der Waals surface area (Å²) >= 11 is 1.83. The molecular formula is C18H18N2S. The van der Waals surface area contributed by atoms with Crippen molar-refractivity contribution in [2.45, 2.75) is 12.8 Å². The lowest BCUT2D eigenvalue weighted by molar-refractivity contribution is 0.309. The highest BCUT2D eigenvalue weighted by molar-refractivity contribution is 7.11. The third-order valence-electron chi connectivity index (χ3n) is 3.58. The summed E-state index contributed by atoms with van der Waals surface area (Å²) in [5, 5.41) is 2.15. The van der Waals surface area contributed by atoms with E-state index in [2.05, 4.69) is 45.3 Å². The molecule has 2 nitrogen and oxygen atoms in total. The van der Waals surface area contributed by atoms with Gasteiger partial charge in [0.1, 0.15) is 0 Å². The van der Waals surface area contributed by atoms with Crippen LogP contribution >= 0.6 is 11.3 Å². The number of pyridine rings is 1. The Morgan fingerprint density at radius 2 is 2.29 bits per heavy atom. The van der Waals surface area contributed by atoms with E-state index in [1.165, 1.54) is 10.5 Å². The van der Waals surface area contributed by atoms with Gasteiger partial charge in [-0.15, -0.1) is 11.3 Å². The summed E-state index contributed by atoms with van der Waals surface area (Å²) in [4.78, 5) is 7.96. The number of thiophene rings is 1. The fourth-order valence-electron chi connectivity index (χ4n) is 2.41. The van der Waals surface area contributed by atoms with Crippen LogP contribution in [-0.2, 0) is 0 Å². The van der Waals surface area contributed by atoms with Crippen LogP contribution in [0.25, 0.3) is 5.57 Å². The van der Waals surface area contributed by atoms with Crippen LogP contribution in [0.15, 0.2) is 48.1 Å². The van der Waals surface area contributed by atoms with Gasteiger partial charge in [0.15, 0.2) is 0 Å². The molecule has 3 heterocycles. The van der Waals surface area contributed by atoms with E-state index in [0.717, 1.165) is 38.0 Å². The molecule has 1 aliphatic rings. The maximum absolute atomic E-state index is 4.07. The van der Waals surface area contributed by atoms with Crippen molar-refractivity contribution in [1.29, 1.82) is 0 Å². The first kappa shape index (κ1) is 14.1. The molecule has 3 rings (SSSR count). The van der Waals surface area contributed by atoms with E-state index in [9.17, 15) is 0 Å². The van der Waals surface area contributed by atoms with Gasteiger partial charge in [0, 0.05) is 48.9 Å². The topological polar surface area (TPSA) is 16.1 Å². The monoisotopic (exact) mass is 294 g/mol. The van der Waals surface area contributed by atoms with Crippen LogP contribution in [0, 0.1) is 11.8 Å². The van der Waals surface area contributed by atoms with Gasteiger partial charge in [0.2, 0.25) is 0 Å². The predicted octanol–water partition coefficient (Wildman–Crippen LogP) is 3.67. The zero-order valence-corrected chi connectivity index (χ0v) is 12.8. The van der Waals surface area contributed by atoms with Crippen molar-refractivity contribution in [3.05, 3.63) is 58.6 Å². The Balaban J connectivity index is 1.47. The van der Waals surface area contributed by atoms with Crippen LogP contribution in [0.3, 0.4) is 0 Å². The van der Waals surface area contributed by atoms with E-state index in [1.807, 2.05) is 29.7 Å². The van der Waals surface area contributed by atoms with Crippen molar-refractivity contribution < 1.29 is 0 Å². The predicted molar refractivity (Wildman–Crippen MR) is 89.1 cm³/mol. The molecule has 0 fully saturated rings. The molecule has 21 heavy (non-hydrogen) atoms. The van der Waals surface area contributed by atoms with E-state index < -0.39 is 0 Å². The van der Waals surface area contributed by atoms with Crippen molar-refractivity contribution in [2.24, 2.45) is 0 Å². The second-order valence-corrected chi connectivity index (χ2v) is 6.00. The number of nitrogens with zero attached hydrogens (tertiary/aromatic N) is 2. The average molecular weight is 294 g/mol. The molecule has 0 aromatic carbocycles. The molecule has 3 heteroatoms. The van der Waals surface area contributed by atoms with E-state index in [0.29, 0.717) is 0 Å². The Morgan fingerprint density at radius 3 is 3.00 bits per heavy atom. The Bertz CT molecular complexity index is 648. The first-order chi connectivity index (χ1) is 10.4. The summed E-state index contributed by atoms with van der Waals surface area (Å²) in [6, 6.07) is 8.26. The molecule has 2 aromatic heterocycles. The third-order valence-corrected chi connectivity index (χ3v) is 4.52. The summed E-state index contributed by atoms with van der Waals surface area (Å²) in [6.45, 7) is 3.22. The van der Waals surface area contributed by atoms with Crippen LogP contribution in [0.4, 0.5) is 0 Å². The first-order valence-electron chi connectivity index (χ1n) is 7.26. The van der Waals surface area contributed by atoms with Crippen LogP contribution in [-0.4, -0.2) is 29.5 Å². The molecule has 106 valence electrons. The second kappa shape index (κ2) is 7.21. The number of hydrogen-bond donors (Lipinski definition) is 0. The van der Waals surface area contributed by atoms with Gasteiger partial charge in [-0.3, -0.25) is 9.88 Å². The third kappa shape index (κ3) is 4.04. The molecular weight excluding hydrogens is 276 g/mol. The Labute approximate surface area is 130 Å². The molecule has 0 unspecified atom stereocenters. The van der Waals surface area contributed by atoms with Gasteiger partial charge in [-0.2, -0.15) is 0 Å². The minimum atomic E-state index is 0.914. The van der Waals surface area contributed by atoms with E-state index in [-0.39, 0.29) is 0 Å². The quantitative estimate of drug-likeness (QED) is 0.803. The highest BCUT2D eigenvalue weighted by Crippen LogP contribution is 2.25. The Morgan fingerprint density at radius 1 is 1.29 bits per heavy atom. The zero-order valence-electron chi connectivity index (χ0n) is 12.0. The molecule has 0 saturated heterocycles. The van der Waals surface area contributed by atoms with Crippen LogP contribution in [0.5, 0.6) is 0 Å². The average Bonchev–Trinajstić information content (AvgIpc) is 3.08. The fourth-order valence-corrected chi connectivity index (χ4v) is 3.21. The number of aromatic nitrogens is 1. The Hall–Kier alpha value is -1.89. The second-order valence-electron chi connectivity index (χ2n) is 5.05. The van der Waals surface area contributed by atoms with E-state index in [4.69, 9.17) is 0 Å². The molecule has 0 bridgehead atoms. The minimum absolute atomic E-state index is 0.914. The normalized spacial score (nSPS) is 15.1. The van der Waals surface area contributed by atoms with Crippen molar-refractivity contribution in [1.82, 2.24) is 9.88 Å². The molecule has 1 aliphatic heterocycles. The van der Waals surface area contributed by atoms with E-state index in [1.54, 1.807) is 6.20 Å². The van der Waals surface area contributed by atoms with Crippen molar-refractivity contribution in [3.8, 4) is 11.8 Å². The molecule has 0 amide bonds.